The summed E-state index contributed by atoms with van der Waals surface area (Å²) in [7, 11) is 0. The lowest BCUT2D eigenvalue weighted by Crippen LogP contribution is -2.40. The Morgan fingerprint density at radius 3 is 2.25 bits per heavy atom. The lowest BCUT2D eigenvalue weighted by atomic mass is 9.98. The van der Waals surface area contributed by atoms with Crippen LogP contribution >= 0.6 is 0 Å². The van der Waals surface area contributed by atoms with Crippen molar-refractivity contribution in [3.63, 3.8) is 0 Å². The maximum absolute atomic E-state index is 12.8. The van der Waals surface area contributed by atoms with E-state index in [2.05, 4.69) is 0 Å². The number of rotatable bonds is 3. The van der Waals surface area contributed by atoms with Gasteiger partial charge < -0.3 is 10.2 Å². The molecule has 12 heavy (non-hydrogen) atoms. The summed E-state index contributed by atoms with van der Waals surface area (Å²) in [6, 6.07) is 0. The van der Waals surface area contributed by atoms with Gasteiger partial charge in [0.2, 0.25) is 6.17 Å². The lowest BCUT2D eigenvalue weighted by Gasteiger charge is -2.20. The molecule has 0 heterocycles. The van der Waals surface area contributed by atoms with Crippen molar-refractivity contribution in [3.05, 3.63) is 11.6 Å². The second-order valence-electron chi connectivity index (χ2n) is 3.15. The van der Waals surface area contributed by atoms with E-state index in [4.69, 9.17) is 5.11 Å². The molecule has 70 valence electrons. The van der Waals surface area contributed by atoms with Gasteiger partial charge >= 0.3 is 5.97 Å². The van der Waals surface area contributed by atoms with Gasteiger partial charge in [-0.2, -0.15) is 0 Å². The molecule has 0 aromatic heterocycles. The summed E-state index contributed by atoms with van der Waals surface area (Å²) in [5, 5.41) is 17.6. The first kappa shape index (κ1) is 11.1. The average Bonchev–Trinajstić information content (AvgIpc) is 1.82. The van der Waals surface area contributed by atoms with Gasteiger partial charge in [0.1, 0.15) is 5.60 Å². The lowest BCUT2D eigenvalue weighted by molar-refractivity contribution is -0.149. The number of halogens is 1. The molecule has 4 heteroatoms. The molecular weight excluding hydrogens is 163 g/mol. The van der Waals surface area contributed by atoms with Crippen LogP contribution in [0, 0.1) is 0 Å². The smallest absolute Gasteiger partial charge is 0.341 e. The summed E-state index contributed by atoms with van der Waals surface area (Å²) in [5.74, 6) is -1.66. The van der Waals surface area contributed by atoms with Gasteiger partial charge in [-0.25, -0.2) is 9.18 Å². The minimum Gasteiger partial charge on any atom is -0.479 e. The molecule has 0 amide bonds. The fraction of sp³-hybridized carbons (Fsp3) is 0.625. The van der Waals surface area contributed by atoms with Crippen molar-refractivity contribution in [2.45, 2.75) is 32.5 Å². The fourth-order valence-corrected chi connectivity index (χ4v) is 0.908. The molecule has 0 saturated carbocycles. The minimum atomic E-state index is -2.28. The van der Waals surface area contributed by atoms with E-state index in [0.717, 1.165) is 6.92 Å². The maximum Gasteiger partial charge on any atom is 0.341 e. The third-order valence-electron chi connectivity index (χ3n) is 1.31. The van der Waals surface area contributed by atoms with E-state index in [1.54, 1.807) is 13.8 Å². The summed E-state index contributed by atoms with van der Waals surface area (Å²) in [5.41, 5.74) is -1.26. The normalized spacial score (nSPS) is 17.8. The van der Waals surface area contributed by atoms with Crippen LogP contribution in [0.25, 0.3) is 0 Å². The van der Waals surface area contributed by atoms with E-state index < -0.39 is 17.7 Å². The van der Waals surface area contributed by atoms with Gasteiger partial charge in [-0.3, -0.25) is 0 Å². The average molecular weight is 176 g/mol. The number of aliphatic carboxylic acids is 1. The number of carbonyl (C=O) groups is 1. The fourth-order valence-electron chi connectivity index (χ4n) is 0.908. The molecule has 0 aliphatic carbocycles. The summed E-state index contributed by atoms with van der Waals surface area (Å²) in [6.07, 6.45) is -1.10. The molecule has 0 spiro atoms. The molecule has 0 fully saturated rings. The summed E-state index contributed by atoms with van der Waals surface area (Å²) in [6.45, 7) is 4.44. The Morgan fingerprint density at radius 1 is 1.58 bits per heavy atom. The Bertz CT molecular complexity index is 204. The molecule has 2 atom stereocenters. The number of aliphatic hydroxyl groups is 1. The molecule has 0 saturated heterocycles. The number of alkyl halides is 1. The zero-order valence-corrected chi connectivity index (χ0v) is 7.34. The van der Waals surface area contributed by atoms with E-state index in [9.17, 15) is 14.3 Å². The van der Waals surface area contributed by atoms with Crippen molar-refractivity contribution in [3.8, 4) is 0 Å². The monoisotopic (exact) mass is 176 g/mol. The molecule has 0 radical (unpaired) electrons. The van der Waals surface area contributed by atoms with Gasteiger partial charge in [-0.05, 0) is 20.8 Å². The van der Waals surface area contributed by atoms with Crippen LogP contribution < -0.4 is 0 Å². The number of carboxylic acid groups (broad SMARTS) is 1. The Hall–Kier alpha value is -0.900. The Morgan fingerprint density at radius 2 is 2.00 bits per heavy atom. The third-order valence-corrected chi connectivity index (χ3v) is 1.31. The van der Waals surface area contributed by atoms with Crippen molar-refractivity contribution < 1.29 is 19.4 Å². The van der Waals surface area contributed by atoms with Gasteiger partial charge in [0.05, 0.1) is 0 Å². The van der Waals surface area contributed by atoms with E-state index in [1.165, 1.54) is 6.08 Å². The van der Waals surface area contributed by atoms with E-state index >= 15 is 0 Å². The molecule has 0 aromatic carbocycles. The summed E-state index contributed by atoms with van der Waals surface area (Å²) in [4.78, 5) is 10.2. The quantitative estimate of drug-likeness (QED) is 0.633. The molecular formula is C8H13FO3. The van der Waals surface area contributed by atoms with Crippen LogP contribution in [0.4, 0.5) is 4.39 Å². The van der Waals surface area contributed by atoms with Crippen molar-refractivity contribution in [2.75, 3.05) is 0 Å². The van der Waals surface area contributed by atoms with Gasteiger partial charge in [0.15, 0.2) is 0 Å². The number of allylic oxidation sites excluding steroid dienone is 1. The van der Waals surface area contributed by atoms with E-state index in [1.807, 2.05) is 0 Å². The minimum absolute atomic E-state index is 0.670. The largest absolute Gasteiger partial charge is 0.479 e. The van der Waals surface area contributed by atoms with Gasteiger partial charge in [-0.15, -0.1) is 0 Å². The number of hydrogen-bond donors (Lipinski definition) is 2. The molecule has 0 aromatic rings. The molecule has 0 aliphatic rings. The van der Waals surface area contributed by atoms with Crippen LogP contribution in [0.5, 0.6) is 0 Å². The van der Waals surface area contributed by atoms with Crippen molar-refractivity contribution >= 4 is 5.97 Å². The SMILES string of the molecule is CC(C)=CC(C)(O)C(F)C(=O)O. The van der Waals surface area contributed by atoms with Gasteiger partial charge in [-0.1, -0.05) is 11.6 Å². The Balaban J connectivity index is 4.61. The van der Waals surface area contributed by atoms with Crippen LogP contribution in [-0.2, 0) is 4.79 Å². The Labute approximate surface area is 70.5 Å². The second kappa shape index (κ2) is 3.67. The van der Waals surface area contributed by atoms with Crippen molar-refractivity contribution in [2.24, 2.45) is 0 Å². The molecule has 2 N–H and O–H groups in total. The first-order chi connectivity index (χ1) is 5.27. The highest BCUT2D eigenvalue weighted by Gasteiger charge is 2.35. The van der Waals surface area contributed by atoms with Crippen LogP contribution in [0.15, 0.2) is 11.6 Å². The maximum atomic E-state index is 12.8. The van der Waals surface area contributed by atoms with Crippen LogP contribution in [0.1, 0.15) is 20.8 Å². The Kier molecular flexibility index (Phi) is 3.39. The van der Waals surface area contributed by atoms with E-state index in [0.29, 0.717) is 5.57 Å². The van der Waals surface area contributed by atoms with Crippen LogP contribution in [0.3, 0.4) is 0 Å². The standard InChI is InChI=1S/C8H13FO3/c1-5(2)4-8(3,12)6(9)7(10)11/h4,6,12H,1-3H3,(H,10,11). The molecule has 2 unspecified atom stereocenters. The van der Waals surface area contributed by atoms with E-state index in [-0.39, 0.29) is 0 Å². The zero-order chi connectivity index (χ0) is 9.94. The summed E-state index contributed by atoms with van der Waals surface area (Å²) >= 11 is 0. The molecule has 0 bridgehead atoms. The highest BCUT2D eigenvalue weighted by molar-refractivity contribution is 5.74. The van der Waals surface area contributed by atoms with Gasteiger partial charge in [0, 0.05) is 0 Å². The number of hydrogen-bond acceptors (Lipinski definition) is 2. The summed E-state index contributed by atoms with van der Waals surface area (Å²) < 4.78 is 12.8. The van der Waals surface area contributed by atoms with Crippen molar-refractivity contribution in [1.29, 1.82) is 0 Å². The van der Waals surface area contributed by atoms with Crippen LogP contribution in [-0.4, -0.2) is 28.0 Å². The molecule has 0 aliphatic heterocycles. The van der Waals surface area contributed by atoms with Crippen LogP contribution in [0.2, 0.25) is 0 Å². The second-order valence-corrected chi connectivity index (χ2v) is 3.15. The predicted octanol–water partition coefficient (Wildman–Crippen LogP) is 1.13. The number of carboxylic acids is 1. The zero-order valence-electron chi connectivity index (χ0n) is 7.34. The predicted molar refractivity (Wildman–Crippen MR) is 42.6 cm³/mol. The third kappa shape index (κ3) is 3.00. The highest BCUT2D eigenvalue weighted by Crippen LogP contribution is 2.17. The highest BCUT2D eigenvalue weighted by atomic mass is 19.1. The first-order valence-corrected chi connectivity index (χ1v) is 3.52. The first-order valence-electron chi connectivity index (χ1n) is 3.52. The van der Waals surface area contributed by atoms with Gasteiger partial charge in [0.25, 0.3) is 0 Å². The molecule has 3 nitrogen and oxygen atoms in total. The van der Waals surface area contributed by atoms with Crippen molar-refractivity contribution in [1.82, 2.24) is 0 Å². The topological polar surface area (TPSA) is 57.5 Å². The molecule has 0 rings (SSSR count).